The van der Waals surface area contributed by atoms with Crippen LogP contribution >= 0.6 is 11.8 Å². The summed E-state index contributed by atoms with van der Waals surface area (Å²) in [6.07, 6.45) is 0. The van der Waals surface area contributed by atoms with Crippen LogP contribution in [0.3, 0.4) is 0 Å². The third-order valence-electron chi connectivity index (χ3n) is 4.72. The Morgan fingerprint density at radius 2 is 1.93 bits per heavy atom. The number of hydrogen-bond acceptors (Lipinski definition) is 6. The van der Waals surface area contributed by atoms with Crippen LogP contribution in [0.2, 0.25) is 0 Å². The highest BCUT2D eigenvalue weighted by Gasteiger charge is 2.14. The van der Waals surface area contributed by atoms with Crippen molar-refractivity contribution >= 4 is 33.6 Å². The maximum Gasteiger partial charge on any atom is 0.336 e. The number of aromatic hydroxyl groups is 1. The fourth-order valence-corrected chi connectivity index (χ4v) is 4.27. The molecule has 0 radical (unpaired) electrons. The fraction of sp³-hybridized carbons (Fsp3) is 0.190. The van der Waals surface area contributed by atoms with E-state index < -0.39 is 5.63 Å². The summed E-state index contributed by atoms with van der Waals surface area (Å²) in [5, 5.41) is 11.8. The Labute approximate surface area is 164 Å². The molecular weight excluding hydrogens is 376 g/mol. The Bertz CT molecular complexity index is 1320. The van der Waals surface area contributed by atoms with E-state index in [4.69, 9.17) is 4.42 Å². The van der Waals surface area contributed by atoms with Crippen LogP contribution in [0, 0.1) is 6.92 Å². The monoisotopic (exact) mass is 394 g/mol. The molecule has 0 spiro atoms. The summed E-state index contributed by atoms with van der Waals surface area (Å²) in [4.78, 5) is 29.4. The van der Waals surface area contributed by atoms with Crippen molar-refractivity contribution in [3.63, 3.8) is 0 Å². The molecule has 0 amide bonds. The number of aryl methyl sites for hydroxylation is 1. The number of fused-ring (bicyclic) bond motifs is 2. The molecule has 4 rings (SSSR count). The Morgan fingerprint density at radius 1 is 1.14 bits per heavy atom. The number of rotatable bonds is 4. The molecule has 2 aromatic carbocycles. The summed E-state index contributed by atoms with van der Waals surface area (Å²) in [6, 6.07) is 12.0. The van der Waals surface area contributed by atoms with Gasteiger partial charge < -0.3 is 9.52 Å². The fourth-order valence-electron chi connectivity index (χ4n) is 3.21. The number of aromatic nitrogens is 2. The van der Waals surface area contributed by atoms with Gasteiger partial charge in [-0.05, 0) is 43.7 Å². The number of nitrogens with zero attached hydrogens (tertiary/aromatic N) is 2. The first-order valence-corrected chi connectivity index (χ1v) is 9.86. The van der Waals surface area contributed by atoms with Crippen molar-refractivity contribution in [1.82, 2.24) is 9.55 Å². The number of phenols is 1. The van der Waals surface area contributed by atoms with E-state index in [1.807, 2.05) is 25.1 Å². The second kappa shape index (κ2) is 7.16. The van der Waals surface area contributed by atoms with Crippen molar-refractivity contribution in [2.75, 3.05) is 0 Å². The van der Waals surface area contributed by atoms with Crippen molar-refractivity contribution in [2.45, 2.75) is 31.3 Å². The quantitative estimate of drug-likeness (QED) is 0.322. The minimum absolute atomic E-state index is 0.0752. The average Bonchev–Trinajstić information content (AvgIpc) is 2.69. The largest absolute Gasteiger partial charge is 0.508 e. The zero-order valence-corrected chi connectivity index (χ0v) is 16.2. The topological polar surface area (TPSA) is 85.3 Å². The lowest BCUT2D eigenvalue weighted by Gasteiger charge is -2.12. The molecule has 0 aliphatic carbocycles. The third-order valence-corrected chi connectivity index (χ3v) is 5.74. The molecule has 0 fully saturated rings. The van der Waals surface area contributed by atoms with Gasteiger partial charge in [0.25, 0.3) is 5.56 Å². The lowest BCUT2D eigenvalue weighted by molar-refractivity contribution is 0.468. The van der Waals surface area contributed by atoms with Gasteiger partial charge in [-0.1, -0.05) is 23.9 Å². The second-order valence-corrected chi connectivity index (χ2v) is 7.37. The number of benzene rings is 2. The summed E-state index contributed by atoms with van der Waals surface area (Å²) in [6.45, 7) is 4.11. The molecule has 0 aliphatic rings. The maximum absolute atomic E-state index is 12.8. The van der Waals surface area contributed by atoms with Crippen molar-refractivity contribution in [3.8, 4) is 5.75 Å². The summed E-state index contributed by atoms with van der Waals surface area (Å²) < 4.78 is 6.93. The Hall–Kier alpha value is -3.06. The number of thioether (sulfide) groups is 1. The van der Waals surface area contributed by atoms with Gasteiger partial charge in [0.2, 0.25) is 0 Å². The van der Waals surface area contributed by atoms with Crippen molar-refractivity contribution in [1.29, 1.82) is 0 Å². The normalized spacial score (nSPS) is 11.4. The van der Waals surface area contributed by atoms with E-state index in [0.29, 0.717) is 39.5 Å². The molecule has 2 heterocycles. The van der Waals surface area contributed by atoms with Crippen LogP contribution in [0.4, 0.5) is 0 Å². The van der Waals surface area contributed by atoms with Gasteiger partial charge in [-0.25, -0.2) is 9.78 Å². The molecule has 0 unspecified atom stereocenters. The van der Waals surface area contributed by atoms with E-state index in [0.717, 1.165) is 10.9 Å². The number of para-hydroxylation sites is 1. The number of hydrogen-bond donors (Lipinski definition) is 1. The average molecular weight is 394 g/mol. The Kier molecular flexibility index (Phi) is 4.68. The first kappa shape index (κ1) is 18.3. The lowest BCUT2D eigenvalue weighted by Crippen LogP contribution is -2.22. The van der Waals surface area contributed by atoms with E-state index in [2.05, 4.69) is 4.98 Å². The van der Waals surface area contributed by atoms with E-state index in [9.17, 15) is 14.7 Å². The maximum atomic E-state index is 12.8. The van der Waals surface area contributed by atoms with Crippen LogP contribution in [0.1, 0.15) is 18.1 Å². The zero-order chi connectivity index (χ0) is 19.8. The Morgan fingerprint density at radius 3 is 2.71 bits per heavy atom. The van der Waals surface area contributed by atoms with Gasteiger partial charge in [0.15, 0.2) is 5.16 Å². The molecule has 1 N–H and O–H groups in total. The molecule has 0 atom stereocenters. The SMILES string of the molecule is CCn1c(SCc2cc(=O)oc3c(C)c(O)ccc23)nc2ccccc2c1=O. The zero-order valence-electron chi connectivity index (χ0n) is 15.4. The first-order chi connectivity index (χ1) is 13.5. The molecule has 4 aromatic rings. The van der Waals surface area contributed by atoms with Crippen LogP contribution in [0.15, 0.2) is 61.6 Å². The molecule has 2 aromatic heterocycles. The van der Waals surface area contributed by atoms with Gasteiger partial charge in [0.1, 0.15) is 11.3 Å². The van der Waals surface area contributed by atoms with E-state index in [-0.39, 0.29) is 11.3 Å². The van der Waals surface area contributed by atoms with Gasteiger partial charge in [-0.2, -0.15) is 0 Å². The van der Waals surface area contributed by atoms with Crippen LogP contribution < -0.4 is 11.2 Å². The number of phenolic OH excluding ortho intramolecular Hbond substituents is 1. The summed E-state index contributed by atoms with van der Waals surface area (Å²) >= 11 is 1.40. The van der Waals surface area contributed by atoms with Crippen LogP contribution in [0.25, 0.3) is 21.9 Å². The summed E-state index contributed by atoms with van der Waals surface area (Å²) in [5.74, 6) is 0.522. The lowest BCUT2D eigenvalue weighted by atomic mass is 10.1. The predicted molar refractivity (Wildman–Crippen MR) is 110 cm³/mol. The molecule has 142 valence electrons. The van der Waals surface area contributed by atoms with E-state index in [1.54, 1.807) is 29.7 Å². The minimum atomic E-state index is -0.476. The van der Waals surface area contributed by atoms with Gasteiger partial charge in [0, 0.05) is 29.3 Å². The van der Waals surface area contributed by atoms with Crippen LogP contribution in [-0.2, 0) is 12.3 Å². The van der Waals surface area contributed by atoms with Gasteiger partial charge in [-0.3, -0.25) is 9.36 Å². The molecule has 0 saturated heterocycles. The molecule has 7 heteroatoms. The van der Waals surface area contributed by atoms with Crippen molar-refractivity contribution in [3.05, 3.63) is 74.4 Å². The molecular formula is C21H18N2O4S. The Balaban J connectivity index is 1.79. The summed E-state index contributed by atoms with van der Waals surface area (Å²) in [7, 11) is 0. The van der Waals surface area contributed by atoms with Crippen molar-refractivity contribution < 1.29 is 9.52 Å². The predicted octanol–water partition coefficient (Wildman–Crippen LogP) is 3.83. The molecule has 0 bridgehead atoms. The van der Waals surface area contributed by atoms with Gasteiger partial charge in [-0.15, -0.1) is 0 Å². The standard InChI is InChI=1S/C21H18N2O4S/c1-3-23-20(26)15-6-4-5-7-16(15)22-21(23)28-11-13-10-18(25)27-19-12(2)17(24)9-8-14(13)19/h4-10,24H,3,11H2,1-2H3. The highest BCUT2D eigenvalue weighted by Crippen LogP contribution is 2.30. The molecule has 0 saturated carbocycles. The van der Waals surface area contributed by atoms with Gasteiger partial charge in [0.05, 0.1) is 10.9 Å². The summed E-state index contributed by atoms with van der Waals surface area (Å²) in [5.41, 5.74) is 1.77. The van der Waals surface area contributed by atoms with E-state index in [1.165, 1.54) is 17.8 Å². The molecule has 6 nitrogen and oxygen atoms in total. The smallest absolute Gasteiger partial charge is 0.336 e. The van der Waals surface area contributed by atoms with Crippen LogP contribution in [0.5, 0.6) is 5.75 Å². The van der Waals surface area contributed by atoms with Crippen molar-refractivity contribution in [2.24, 2.45) is 0 Å². The van der Waals surface area contributed by atoms with Gasteiger partial charge >= 0.3 is 5.63 Å². The minimum Gasteiger partial charge on any atom is -0.508 e. The second-order valence-electron chi connectivity index (χ2n) is 6.43. The molecule has 0 aliphatic heterocycles. The van der Waals surface area contributed by atoms with Crippen LogP contribution in [-0.4, -0.2) is 14.7 Å². The highest BCUT2D eigenvalue weighted by molar-refractivity contribution is 7.98. The molecule has 28 heavy (non-hydrogen) atoms. The third kappa shape index (κ3) is 3.07. The highest BCUT2D eigenvalue weighted by atomic mass is 32.2. The first-order valence-electron chi connectivity index (χ1n) is 8.87. The van der Waals surface area contributed by atoms with E-state index >= 15 is 0 Å².